The highest BCUT2D eigenvalue weighted by molar-refractivity contribution is 5.09. The van der Waals surface area contributed by atoms with E-state index >= 15 is 0 Å². The molecule has 2 rings (SSSR count). The third-order valence-corrected chi connectivity index (χ3v) is 1.21. The first kappa shape index (κ1) is 2.64. The molecule has 2 heteroatoms. The number of fused-ring (bicyclic) bond motifs is 1. The summed E-state index contributed by atoms with van der Waals surface area (Å²) in [6, 6.07) is 0.755. The fourth-order valence-electron chi connectivity index (χ4n) is 0.717. The maximum absolute atomic E-state index is 3.05. The van der Waals surface area contributed by atoms with Crippen LogP contribution in [0.25, 0.3) is 0 Å². The van der Waals surface area contributed by atoms with Crippen molar-refractivity contribution in [3.8, 4) is 0 Å². The summed E-state index contributed by atoms with van der Waals surface area (Å²) in [7, 11) is 0. The fourth-order valence-corrected chi connectivity index (χ4v) is 0.717. The molecule has 0 aromatic rings. The highest BCUT2D eigenvalue weighted by Gasteiger charge is 2.33. The first-order valence-electron chi connectivity index (χ1n) is 2.16. The Balaban J connectivity index is 2.26. The summed E-state index contributed by atoms with van der Waals surface area (Å²) >= 11 is 0. The Morgan fingerprint density at radius 3 is 3.00 bits per heavy atom. The van der Waals surface area contributed by atoms with Gasteiger partial charge < -0.3 is 5.43 Å². The molecule has 2 unspecified atom stereocenters. The van der Waals surface area contributed by atoms with Crippen molar-refractivity contribution in [2.45, 2.75) is 6.04 Å². The normalized spacial score (nSPS) is 48.0. The maximum atomic E-state index is 3.05. The van der Waals surface area contributed by atoms with Gasteiger partial charge in [0.2, 0.25) is 0 Å². The van der Waals surface area contributed by atoms with Gasteiger partial charge in [-0.15, -0.1) is 0 Å². The fraction of sp³-hybridized carbons (Fsp3) is 0.500. The highest BCUT2D eigenvalue weighted by Crippen LogP contribution is 2.18. The predicted octanol–water partition coefficient (Wildman–Crippen LogP) is -0.298. The number of hydrazine groups is 1. The summed E-state index contributed by atoms with van der Waals surface area (Å²) in [5.74, 6) is 0. The molecular weight excluding hydrogens is 76.1 g/mol. The molecule has 32 valence electrons. The Labute approximate surface area is 36.4 Å². The minimum Gasteiger partial charge on any atom is -0.326 e. The molecule has 1 N–H and O–H groups in total. The van der Waals surface area contributed by atoms with Crippen molar-refractivity contribution in [1.82, 2.24) is 10.4 Å². The number of nitrogens with zero attached hydrogens (tertiary/aromatic N) is 1. The summed E-state index contributed by atoms with van der Waals surface area (Å²) < 4.78 is 0. The van der Waals surface area contributed by atoms with Gasteiger partial charge in [-0.25, -0.2) is 5.01 Å². The number of nitrogens with one attached hydrogen (secondary N) is 1. The molecule has 0 radical (unpaired) electrons. The summed E-state index contributed by atoms with van der Waals surface area (Å²) in [6.07, 6.45) is 4.15. The van der Waals surface area contributed by atoms with Crippen molar-refractivity contribution < 1.29 is 0 Å². The van der Waals surface area contributed by atoms with E-state index in [1.54, 1.807) is 0 Å². The van der Waals surface area contributed by atoms with Crippen LogP contribution in [-0.4, -0.2) is 17.6 Å². The van der Waals surface area contributed by atoms with E-state index in [0.29, 0.717) is 0 Å². The van der Waals surface area contributed by atoms with Crippen LogP contribution >= 0.6 is 0 Å². The number of rotatable bonds is 0. The molecule has 2 atom stereocenters. The molecular formula is C4H6N2. The third-order valence-electron chi connectivity index (χ3n) is 1.21. The Bertz CT molecular complexity index is 97.7. The molecule has 1 saturated heterocycles. The average molecular weight is 82.1 g/mol. The molecule has 0 aromatic carbocycles. The van der Waals surface area contributed by atoms with E-state index in [1.807, 2.05) is 6.20 Å². The average Bonchev–Trinajstić information content (AvgIpc) is 2.17. The summed E-state index contributed by atoms with van der Waals surface area (Å²) in [5, 5.41) is 2.17. The zero-order chi connectivity index (χ0) is 3.98. The topological polar surface area (TPSA) is 15.0 Å². The molecule has 0 amide bonds. The lowest BCUT2D eigenvalue weighted by atomic mass is 10.5. The standard InChI is InChI=1S/C4H6N2/c1-2-5-6-3-4(1)6/h1-2,4-5H,3H2. The van der Waals surface area contributed by atoms with Crippen molar-refractivity contribution in [2.24, 2.45) is 0 Å². The van der Waals surface area contributed by atoms with Crippen LogP contribution in [0, 0.1) is 0 Å². The monoisotopic (exact) mass is 82.1 g/mol. The van der Waals surface area contributed by atoms with Gasteiger partial charge in [0.05, 0.1) is 6.04 Å². The van der Waals surface area contributed by atoms with Crippen LogP contribution in [0.5, 0.6) is 0 Å². The van der Waals surface area contributed by atoms with E-state index in [-0.39, 0.29) is 0 Å². The van der Waals surface area contributed by atoms with E-state index in [0.717, 1.165) is 6.04 Å². The van der Waals surface area contributed by atoms with Crippen LogP contribution in [0.15, 0.2) is 12.3 Å². The van der Waals surface area contributed by atoms with E-state index in [4.69, 9.17) is 0 Å². The third kappa shape index (κ3) is 0.165. The van der Waals surface area contributed by atoms with Gasteiger partial charge in [0.1, 0.15) is 0 Å². The maximum Gasteiger partial charge on any atom is 0.0634 e. The van der Waals surface area contributed by atoms with E-state index in [1.165, 1.54) is 6.54 Å². The molecule has 0 aliphatic carbocycles. The second-order valence-corrected chi connectivity index (χ2v) is 1.71. The zero-order valence-corrected chi connectivity index (χ0v) is 3.39. The largest absolute Gasteiger partial charge is 0.326 e. The minimum absolute atomic E-state index is 0.755. The van der Waals surface area contributed by atoms with E-state index < -0.39 is 0 Å². The van der Waals surface area contributed by atoms with Gasteiger partial charge in [0.25, 0.3) is 0 Å². The molecule has 0 aromatic heterocycles. The van der Waals surface area contributed by atoms with Gasteiger partial charge in [-0.05, 0) is 6.08 Å². The Morgan fingerprint density at radius 2 is 2.83 bits per heavy atom. The van der Waals surface area contributed by atoms with Crippen LogP contribution in [0.3, 0.4) is 0 Å². The van der Waals surface area contributed by atoms with Gasteiger partial charge in [-0.2, -0.15) is 0 Å². The van der Waals surface area contributed by atoms with Crippen molar-refractivity contribution in [3.63, 3.8) is 0 Å². The van der Waals surface area contributed by atoms with Crippen molar-refractivity contribution in [3.05, 3.63) is 12.3 Å². The lowest BCUT2D eigenvalue weighted by Crippen LogP contribution is -2.09. The molecule has 0 spiro atoms. The van der Waals surface area contributed by atoms with Crippen LogP contribution < -0.4 is 5.43 Å². The number of hydrogen-bond acceptors (Lipinski definition) is 2. The first-order valence-corrected chi connectivity index (χ1v) is 2.16. The molecule has 0 saturated carbocycles. The Kier molecular flexibility index (Phi) is 0.268. The van der Waals surface area contributed by atoms with Gasteiger partial charge in [-0.3, -0.25) is 0 Å². The molecule has 2 aliphatic heterocycles. The first-order chi connectivity index (χ1) is 2.97. The lowest BCUT2D eigenvalue weighted by Gasteiger charge is -1.88. The van der Waals surface area contributed by atoms with E-state index in [2.05, 4.69) is 16.5 Å². The molecule has 2 heterocycles. The van der Waals surface area contributed by atoms with Gasteiger partial charge >= 0.3 is 0 Å². The van der Waals surface area contributed by atoms with Crippen LogP contribution in [0.1, 0.15) is 0 Å². The van der Waals surface area contributed by atoms with Crippen molar-refractivity contribution in [1.29, 1.82) is 0 Å². The zero-order valence-electron chi connectivity index (χ0n) is 3.39. The second kappa shape index (κ2) is 0.611. The van der Waals surface area contributed by atoms with Gasteiger partial charge in [-0.1, -0.05) is 0 Å². The quantitative estimate of drug-likeness (QED) is 0.404. The van der Waals surface area contributed by atoms with Crippen LogP contribution in [-0.2, 0) is 0 Å². The van der Waals surface area contributed by atoms with Gasteiger partial charge in [0, 0.05) is 12.7 Å². The van der Waals surface area contributed by atoms with Crippen LogP contribution in [0.4, 0.5) is 0 Å². The molecule has 6 heavy (non-hydrogen) atoms. The SMILES string of the molecule is C1=CC2CN2N1. The summed E-state index contributed by atoms with van der Waals surface area (Å²) in [6.45, 7) is 1.22. The summed E-state index contributed by atoms with van der Waals surface area (Å²) in [5.41, 5.74) is 3.05. The molecule has 0 bridgehead atoms. The smallest absolute Gasteiger partial charge is 0.0634 e. The van der Waals surface area contributed by atoms with E-state index in [9.17, 15) is 0 Å². The van der Waals surface area contributed by atoms with Crippen molar-refractivity contribution >= 4 is 0 Å². The molecule has 1 fully saturated rings. The molecule has 2 aliphatic rings. The summed E-state index contributed by atoms with van der Waals surface area (Å²) in [4.78, 5) is 0. The van der Waals surface area contributed by atoms with Crippen LogP contribution in [0.2, 0.25) is 0 Å². The van der Waals surface area contributed by atoms with Crippen molar-refractivity contribution in [2.75, 3.05) is 6.54 Å². The number of hydrogen-bond donors (Lipinski definition) is 1. The second-order valence-electron chi connectivity index (χ2n) is 1.71. The minimum atomic E-state index is 0.755. The Hall–Kier alpha value is -0.500. The molecule has 2 nitrogen and oxygen atoms in total. The lowest BCUT2D eigenvalue weighted by molar-refractivity contribution is 0.483. The van der Waals surface area contributed by atoms with Gasteiger partial charge in [0.15, 0.2) is 0 Å². The predicted molar refractivity (Wildman–Crippen MR) is 22.8 cm³/mol. The Morgan fingerprint density at radius 1 is 1.83 bits per heavy atom. The highest BCUT2D eigenvalue weighted by atomic mass is 15.6.